The summed E-state index contributed by atoms with van der Waals surface area (Å²) in [6.45, 7) is 12.1. The van der Waals surface area contributed by atoms with Gasteiger partial charge in [0.15, 0.2) is 6.10 Å². The lowest BCUT2D eigenvalue weighted by atomic mass is 9.33. The number of aromatic nitrogens is 1. The fraction of sp³-hybridized carbons (Fsp3) is 0.765. The summed E-state index contributed by atoms with van der Waals surface area (Å²) in [5, 5.41) is 8.27. The third-order valence-electron chi connectivity index (χ3n) is 11.1. The highest BCUT2D eigenvalue weighted by Crippen LogP contribution is 2.71. The normalized spacial score (nSPS) is 27.7. The smallest absolute Gasteiger partial charge is 0.312 e. The summed E-state index contributed by atoms with van der Waals surface area (Å²) in [7, 11) is 5.07. The third kappa shape index (κ3) is 7.21. The van der Waals surface area contributed by atoms with Crippen molar-refractivity contribution in [3.63, 3.8) is 0 Å². The molecule has 0 spiro atoms. The number of hydrogen-bond acceptors (Lipinski definition) is 10. The molecule has 0 unspecified atom stereocenters. The number of ether oxygens (including phenoxy) is 2. The van der Waals surface area contributed by atoms with Crippen LogP contribution >= 0.6 is 11.3 Å². The first-order valence-corrected chi connectivity index (χ1v) is 17.8. The molecule has 1 aromatic rings. The predicted octanol–water partition coefficient (Wildman–Crippen LogP) is 3.71. The number of methoxy groups -OCH3 is 1. The first-order valence-electron chi connectivity index (χ1n) is 16.9. The fourth-order valence-corrected chi connectivity index (χ4v) is 8.56. The van der Waals surface area contributed by atoms with E-state index in [-0.39, 0.29) is 65.6 Å². The van der Waals surface area contributed by atoms with Crippen LogP contribution in [-0.4, -0.2) is 95.9 Å². The summed E-state index contributed by atoms with van der Waals surface area (Å²) in [6.07, 6.45) is 4.07. The van der Waals surface area contributed by atoms with E-state index in [2.05, 4.69) is 20.5 Å². The number of rotatable bonds is 14. The minimum Gasteiger partial charge on any atom is -0.469 e. The Morgan fingerprint density at radius 1 is 1.17 bits per heavy atom. The number of likely N-dealkylation sites (tertiary alicyclic amines) is 1. The van der Waals surface area contributed by atoms with E-state index in [0.717, 1.165) is 25.8 Å². The second kappa shape index (κ2) is 14.6. The Morgan fingerprint density at radius 2 is 1.85 bits per heavy atom. The zero-order valence-corrected chi connectivity index (χ0v) is 30.2. The molecule has 12 nitrogen and oxygen atoms in total. The first-order chi connectivity index (χ1) is 22.1. The highest BCUT2D eigenvalue weighted by molar-refractivity contribution is 7.09. The van der Waals surface area contributed by atoms with Crippen LogP contribution in [0.1, 0.15) is 108 Å². The Kier molecular flexibility index (Phi) is 11.4. The van der Waals surface area contributed by atoms with Crippen molar-refractivity contribution in [1.29, 1.82) is 0 Å². The number of carbonyl (C=O) groups is 5. The number of nitrogens with one attached hydrogen (secondary N) is 2. The molecule has 2 bridgehead atoms. The van der Waals surface area contributed by atoms with Crippen LogP contribution in [-0.2, 0) is 28.7 Å². The van der Waals surface area contributed by atoms with Gasteiger partial charge in [0.05, 0.1) is 18.6 Å². The highest BCUT2D eigenvalue weighted by Gasteiger charge is 2.78. The Hall–Kier alpha value is -3.06. The standard InChI is InChI=1S/C34H53N5O7S/c1-10-20(4)27(36-29(42)24-13-11-12-14-38(24)7)31(43)39(8)25(19(2)3)15-26(46-22(6)40)30-35-23(16-47-30)28(41)37-34-17-33(18-34,21(34)5)32(44)45-9/h16,19-21,24-27H,10-15,17-18H2,1-9H3,(H,36,42)(H,37,41)/t20-,21-,24+,25+,26+,27-,33?,34?/m0/s1. The monoisotopic (exact) mass is 675 g/mol. The van der Waals surface area contributed by atoms with E-state index in [1.807, 2.05) is 41.7 Å². The summed E-state index contributed by atoms with van der Waals surface area (Å²) in [4.78, 5) is 73.5. The number of piperidine rings is 1. The molecule has 5 rings (SSSR count). The maximum absolute atomic E-state index is 14.1. The molecule has 6 atom stereocenters. The Morgan fingerprint density at radius 3 is 2.40 bits per heavy atom. The van der Waals surface area contributed by atoms with Gasteiger partial charge in [-0.2, -0.15) is 0 Å². The molecule has 3 aliphatic carbocycles. The van der Waals surface area contributed by atoms with Crippen LogP contribution in [0.3, 0.4) is 0 Å². The number of thiazole rings is 1. The van der Waals surface area contributed by atoms with Crippen molar-refractivity contribution in [2.45, 2.75) is 116 Å². The van der Waals surface area contributed by atoms with E-state index in [1.54, 1.807) is 17.3 Å². The van der Waals surface area contributed by atoms with Gasteiger partial charge in [-0.15, -0.1) is 11.3 Å². The number of amides is 3. The van der Waals surface area contributed by atoms with E-state index in [9.17, 15) is 24.0 Å². The lowest BCUT2D eigenvalue weighted by Crippen LogP contribution is -2.83. The Bertz CT molecular complexity index is 1340. The van der Waals surface area contributed by atoms with Gasteiger partial charge in [0.2, 0.25) is 11.8 Å². The molecule has 262 valence electrons. The van der Waals surface area contributed by atoms with Gasteiger partial charge >= 0.3 is 11.9 Å². The SMILES string of the molecule is CC[C@H](C)[C@H](NC(=O)[C@H]1CCCCN1C)C(=O)N(C)[C@H](C[C@@H](OC(C)=O)c1nc(C(=O)NC23CC(C(=O)OC)(C2)[C@@H]3C)cs1)C(C)C. The lowest BCUT2D eigenvalue weighted by molar-refractivity contribution is -0.232. The molecule has 0 radical (unpaired) electrons. The number of hydrogen-bond donors (Lipinski definition) is 2. The van der Waals surface area contributed by atoms with Crippen molar-refractivity contribution in [3.8, 4) is 0 Å². The summed E-state index contributed by atoms with van der Waals surface area (Å²) in [5.74, 6) is -1.54. The molecular formula is C34H53N5O7S. The minimum absolute atomic E-state index is 0.0181. The zero-order chi connectivity index (χ0) is 34.8. The molecule has 0 aromatic carbocycles. The molecular weight excluding hydrogens is 622 g/mol. The van der Waals surface area contributed by atoms with E-state index >= 15 is 0 Å². The van der Waals surface area contributed by atoms with Gasteiger partial charge < -0.3 is 25.0 Å². The molecule has 1 aliphatic heterocycles. The van der Waals surface area contributed by atoms with Gasteiger partial charge in [0.1, 0.15) is 16.7 Å². The fourth-order valence-electron chi connectivity index (χ4n) is 7.72. The van der Waals surface area contributed by atoms with Crippen LogP contribution in [0.2, 0.25) is 0 Å². The molecule has 3 amide bonds. The van der Waals surface area contributed by atoms with Gasteiger partial charge in [-0.3, -0.25) is 28.9 Å². The Labute approximate surface area is 282 Å². The molecule has 13 heteroatoms. The zero-order valence-electron chi connectivity index (χ0n) is 29.4. The molecule has 4 aliphatic rings. The van der Waals surface area contributed by atoms with Crippen LogP contribution < -0.4 is 10.6 Å². The van der Waals surface area contributed by atoms with E-state index in [1.165, 1.54) is 25.4 Å². The quantitative estimate of drug-likeness (QED) is 0.282. The highest BCUT2D eigenvalue weighted by atomic mass is 32.1. The first kappa shape index (κ1) is 36.8. The second-order valence-electron chi connectivity index (χ2n) is 14.4. The topological polar surface area (TPSA) is 147 Å². The Balaban J connectivity index is 1.47. The molecule has 1 aromatic heterocycles. The average Bonchev–Trinajstić information content (AvgIpc) is 3.52. The van der Waals surface area contributed by atoms with E-state index in [4.69, 9.17) is 9.47 Å². The lowest BCUT2D eigenvalue weighted by Gasteiger charge is -2.73. The molecule has 1 saturated heterocycles. The van der Waals surface area contributed by atoms with Gasteiger partial charge in [0, 0.05) is 37.4 Å². The van der Waals surface area contributed by atoms with Crippen molar-refractivity contribution >= 4 is 41.0 Å². The van der Waals surface area contributed by atoms with Gasteiger partial charge in [-0.05, 0) is 57.0 Å². The van der Waals surface area contributed by atoms with Crippen molar-refractivity contribution in [2.24, 2.45) is 23.2 Å². The van der Waals surface area contributed by atoms with Crippen molar-refractivity contribution in [2.75, 3.05) is 27.7 Å². The number of esters is 2. The van der Waals surface area contributed by atoms with Crippen molar-refractivity contribution < 1.29 is 33.4 Å². The van der Waals surface area contributed by atoms with E-state index in [0.29, 0.717) is 24.3 Å². The molecule has 2 N–H and O–H groups in total. The maximum atomic E-state index is 14.1. The van der Waals surface area contributed by atoms with Crippen molar-refractivity contribution in [1.82, 2.24) is 25.4 Å². The predicted molar refractivity (Wildman–Crippen MR) is 177 cm³/mol. The molecule has 4 fully saturated rings. The largest absolute Gasteiger partial charge is 0.469 e. The average molecular weight is 676 g/mol. The van der Waals surface area contributed by atoms with E-state index < -0.39 is 29.1 Å². The molecule has 3 saturated carbocycles. The van der Waals surface area contributed by atoms with Crippen LogP contribution in [0.15, 0.2) is 5.38 Å². The summed E-state index contributed by atoms with van der Waals surface area (Å²) in [5.41, 5.74) is -0.762. The minimum atomic E-state index is -0.786. The van der Waals surface area contributed by atoms with Gasteiger partial charge in [-0.1, -0.05) is 47.5 Å². The summed E-state index contributed by atoms with van der Waals surface area (Å²) >= 11 is 1.23. The summed E-state index contributed by atoms with van der Waals surface area (Å²) in [6, 6.07) is -1.31. The number of carbonyl (C=O) groups excluding carboxylic acids is 5. The van der Waals surface area contributed by atoms with Crippen LogP contribution in [0.4, 0.5) is 0 Å². The van der Waals surface area contributed by atoms with Crippen LogP contribution in [0.25, 0.3) is 0 Å². The van der Waals surface area contributed by atoms with Crippen LogP contribution in [0, 0.1) is 23.2 Å². The molecule has 2 heterocycles. The number of likely N-dealkylation sites (N-methyl/N-ethyl adjacent to an activating group) is 2. The van der Waals surface area contributed by atoms with Gasteiger partial charge in [0.25, 0.3) is 5.91 Å². The van der Waals surface area contributed by atoms with Crippen molar-refractivity contribution in [3.05, 3.63) is 16.1 Å². The van der Waals surface area contributed by atoms with Crippen LogP contribution in [0.5, 0.6) is 0 Å². The summed E-state index contributed by atoms with van der Waals surface area (Å²) < 4.78 is 10.7. The number of nitrogens with zero attached hydrogens (tertiary/aromatic N) is 3. The maximum Gasteiger partial charge on any atom is 0.312 e. The third-order valence-corrected chi connectivity index (χ3v) is 12.1. The van der Waals surface area contributed by atoms with Gasteiger partial charge in [-0.25, -0.2) is 4.98 Å². The second-order valence-corrected chi connectivity index (χ2v) is 15.3. The molecule has 47 heavy (non-hydrogen) atoms.